The number of nitrogens with one attached hydrogen (secondary N) is 3. The molecule has 0 aliphatic rings. The number of aromatic nitrogens is 1. The van der Waals surface area contributed by atoms with E-state index in [1.54, 1.807) is 6.20 Å². The maximum absolute atomic E-state index is 11.6. The summed E-state index contributed by atoms with van der Waals surface area (Å²) in [7, 11) is 0. The van der Waals surface area contributed by atoms with Gasteiger partial charge in [-0.3, -0.25) is 0 Å². The molecular formula is C17H22N4O. The summed E-state index contributed by atoms with van der Waals surface area (Å²) in [5.74, 6) is 0.738. The zero-order valence-electron chi connectivity index (χ0n) is 13.4. The van der Waals surface area contributed by atoms with Crippen molar-refractivity contribution in [3.05, 3.63) is 47.7 Å². The van der Waals surface area contributed by atoms with E-state index in [1.807, 2.05) is 32.0 Å². The molecule has 1 heterocycles. The van der Waals surface area contributed by atoms with Crippen LogP contribution < -0.4 is 16.0 Å². The lowest BCUT2D eigenvalue weighted by atomic mass is 10.1. The average molecular weight is 298 g/mol. The molecule has 0 spiro atoms. The van der Waals surface area contributed by atoms with Crippen molar-refractivity contribution in [2.45, 2.75) is 33.7 Å². The number of carbonyl (C=O) groups is 1. The number of amides is 2. The third-order valence-electron chi connectivity index (χ3n) is 3.09. The fraction of sp³-hybridized carbons (Fsp3) is 0.294. The first-order valence-corrected chi connectivity index (χ1v) is 7.32. The third-order valence-corrected chi connectivity index (χ3v) is 3.09. The molecule has 1 aromatic carbocycles. The lowest BCUT2D eigenvalue weighted by Gasteiger charge is -2.12. The second-order valence-electron chi connectivity index (χ2n) is 5.63. The number of carbonyl (C=O) groups excluding carboxylic acids is 1. The minimum absolute atomic E-state index is 0.0958. The molecular weight excluding hydrogens is 276 g/mol. The number of nitrogens with zero attached hydrogens (tertiary/aromatic N) is 1. The number of pyridine rings is 1. The predicted molar refractivity (Wildman–Crippen MR) is 90.7 cm³/mol. The molecule has 0 saturated heterocycles. The number of aryl methyl sites for hydroxylation is 2. The van der Waals surface area contributed by atoms with Gasteiger partial charge in [0.2, 0.25) is 0 Å². The fourth-order valence-electron chi connectivity index (χ4n) is 2.06. The van der Waals surface area contributed by atoms with Gasteiger partial charge in [0.25, 0.3) is 0 Å². The van der Waals surface area contributed by atoms with Crippen molar-refractivity contribution in [1.82, 2.24) is 10.3 Å². The highest BCUT2D eigenvalue weighted by atomic mass is 16.2. The molecule has 0 bridgehead atoms. The Morgan fingerprint density at radius 1 is 1.14 bits per heavy atom. The van der Waals surface area contributed by atoms with Crippen molar-refractivity contribution >= 4 is 23.2 Å². The van der Waals surface area contributed by atoms with Crippen LogP contribution in [0.5, 0.6) is 0 Å². The Hall–Kier alpha value is -2.56. The normalized spacial score (nSPS) is 10.4. The van der Waals surface area contributed by atoms with E-state index in [2.05, 4.69) is 46.9 Å². The largest absolute Gasteiger partial charge is 0.340 e. The summed E-state index contributed by atoms with van der Waals surface area (Å²) in [6.45, 7) is 7.95. The quantitative estimate of drug-likeness (QED) is 0.800. The second kappa shape index (κ2) is 6.93. The number of urea groups is 1. The number of benzene rings is 1. The van der Waals surface area contributed by atoms with E-state index in [9.17, 15) is 4.79 Å². The van der Waals surface area contributed by atoms with Gasteiger partial charge < -0.3 is 16.0 Å². The summed E-state index contributed by atoms with van der Waals surface area (Å²) < 4.78 is 0. The summed E-state index contributed by atoms with van der Waals surface area (Å²) in [5, 5.41) is 8.78. The highest BCUT2D eigenvalue weighted by Crippen LogP contribution is 2.20. The number of hydrogen-bond acceptors (Lipinski definition) is 3. The van der Waals surface area contributed by atoms with Crippen LogP contribution in [0.3, 0.4) is 0 Å². The summed E-state index contributed by atoms with van der Waals surface area (Å²) in [6, 6.07) is 9.73. The molecule has 116 valence electrons. The van der Waals surface area contributed by atoms with E-state index in [0.717, 1.165) is 11.5 Å². The molecule has 2 amide bonds. The van der Waals surface area contributed by atoms with Crippen LogP contribution in [-0.4, -0.2) is 17.1 Å². The van der Waals surface area contributed by atoms with E-state index in [0.29, 0.717) is 5.69 Å². The summed E-state index contributed by atoms with van der Waals surface area (Å²) in [6.07, 6.45) is 1.63. The van der Waals surface area contributed by atoms with Crippen molar-refractivity contribution < 1.29 is 4.79 Å². The van der Waals surface area contributed by atoms with Gasteiger partial charge in [0.1, 0.15) is 5.82 Å². The van der Waals surface area contributed by atoms with Gasteiger partial charge in [0.05, 0.1) is 11.9 Å². The fourth-order valence-corrected chi connectivity index (χ4v) is 2.06. The van der Waals surface area contributed by atoms with Gasteiger partial charge in [-0.1, -0.05) is 17.7 Å². The minimum Gasteiger partial charge on any atom is -0.340 e. The van der Waals surface area contributed by atoms with Crippen molar-refractivity contribution in [2.75, 3.05) is 10.6 Å². The Morgan fingerprint density at radius 3 is 2.50 bits per heavy atom. The van der Waals surface area contributed by atoms with Crippen LogP contribution in [-0.2, 0) is 0 Å². The summed E-state index contributed by atoms with van der Waals surface area (Å²) >= 11 is 0. The minimum atomic E-state index is -0.230. The predicted octanol–water partition coefficient (Wildman–Crippen LogP) is 3.97. The molecule has 5 heteroatoms. The van der Waals surface area contributed by atoms with Gasteiger partial charge in [0, 0.05) is 11.7 Å². The van der Waals surface area contributed by atoms with Gasteiger partial charge >= 0.3 is 6.03 Å². The van der Waals surface area contributed by atoms with Crippen LogP contribution in [0.2, 0.25) is 0 Å². The average Bonchev–Trinajstić information content (AvgIpc) is 2.43. The number of anilines is 3. The first-order chi connectivity index (χ1) is 10.4. The molecule has 2 aromatic rings. The second-order valence-corrected chi connectivity index (χ2v) is 5.63. The molecule has 1 aromatic heterocycles. The van der Waals surface area contributed by atoms with E-state index in [1.165, 1.54) is 11.1 Å². The van der Waals surface area contributed by atoms with E-state index in [-0.39, 0.29) is 12.1 Å². The van der Waals surface area contributed by atoms with Gasteiger partial charge in [-0.25, -0.2) is 9.78 Å². The van der Waals surface area contributed by atoms with Gasteiger partial charge in [0.15, 0.2) is 0 Å². The molecule has 0 saturated carbocycles. The smallest absolute Gasteiger partial charge is 0.319 e. The Balaban J connectivity index is 2.01. The number of rotatable bonds is 4. The van der Waals surface area contributed by atoms with Crippen molar-refractivity contribution in [2.24, 2.45) is 0 Å². The highest BCUT2D eigenvalue weighted by Gasteiger charge is 2.04. The van der Waals surface area contributed by atoms with Crippen LogP contribution in [0.15, 0.2) is 36.5 Å². The molecule has 3 N–H and O–H groups in total. The first-order valence-electron chi connectivity index (χ1n) is 7.32. The van der Waals surface area contributed by atoms with Crippen molar-refractivity contribution in [1.29, 1.82) is 0 Å². The first kappa shape index (κ1) is 15.8. The highest BCUT2D eigenvalue weighted by molar-refractivity contribution is 5.89. The maximum Gasteiger partial charge on any atom is 0.319 e. The topological polar surface area (TPSA) is 66.0 Å². The Labute approximate surface area is 131 Å². The molecule has 0 fully saturated rings. The zero-order chi connectivity index (χ0) is 16.1. The summed E-state index contributed by atoms with van der Waals surface area (Å²) in [4.78, 5) is 15.9. The molecule has 0 aliphatic heterocycles. The van der Waals surface area contributed by atoms with Crippen LogP contribution in [0.4, 0.5) is 22.0 Å². The summed E-state index contributed by atoms with van der Waals surface area (Å²) in [5.41, 5.74) is 4.08. The SMILES string of the molecule is Cc1ccc(Nc2ccc(NC(=O)NC(C)C)cn2)c(C)c1. The molecule has 2 rings (SSSR count). The van der Waals surface area contributed by atoms with Crippen LogP contribution in [0.1, 0.15) is 25.0 Å². The van der Waals surface area contributed by atoms with Crippen molar-refractivity contribution in [3.8, 4) is 0 Å². The molecule has 5 nitrogen and oxygen atoms in total. The van der Waals surface area contributed by atoms with Crippen LogP contribution in [0, 0.1) is 13.8 Å². The van der Waals surface area contributed by atoms with Gasteiger partial charge in [-0.05, 0) is 51.5 Å². The monoisotopic (exact) mass is 298 g/mol. The molecule has 0 aliphatic carbocycles. The van der Waals surface area contributed by atoms with Gasteiger partial charge in [-0.15, -0.1) is 0 Å². The maximum atomic E-state index is 11.6. The van der Waals surface area contributed by atoms with E-state index < -0.39 is 0 Å². The van der Waals surface area contributed by atoms with E-state index >= 15 is 0 Å². The van der Waals surface area contributed by atoms with Gasteiger partial charge in [-0.2, -0.15) is 0 Å². The van der Waals surface area contributed by atoms with E-state index in [4.69, 9.17) is 0 Å². The molecule has 0 radical (unpaired) electrons. The lowest BCUT2D eigenvalue weighted by molar-refractivity contribution is 0.250. The number of hydrogen-bond donors (Lipinski definition) is 3. The standard InChI is InChI=1S/C17H22N4O/c1-11(2)19-17(22)20-14-6-8-16(18-10-14)21-15-7-5-12(3)9-13(15)4/h5-11H,1-4H3,(H,18,21)(H2,19,20,22). The molecule has 22 heavy (non-hydrogen) atoms. The molecule has 0 atom stereocenters. The van der Waals surface area contributed by atoms with Crippen LogP contribution >= 0.6 is 0 Å². The molecule has 0 unspecified atom stereocenters. The Bertz CT molecular complexity index is 650. The zero-order valence-corrected chi connectivity index (χ0v) is 13.4. The van der Waals surface area contributed by atoms with Crippen molar-refractivity contribution in [3.63, 3.8) is 0 Å². The van der Waals surface area contributed by atoms with Crippen LogP contribution in [0.25, 0.3) is 0 Å². The lowest BCUT2D eigenvalue weighted by Crippen LogP contribution is -2.34. The third kappa shape index (κ3) is 4.48. The Kier molecular flexibility index (Phi) is 4.99. The Morgan fingerprint density at radius 2 is 1.91 bits per heavy atom.